The lowest BCUT2D eigenvalue weighted by Crippen LogP contribution is -2.54. The van der Waals surface area contributed by atoms with Gasteiger partial charge in [0.05, 0.1) is 30.3 Å². The van der Waals surface area contributed by atoms with Gasteiger partial charge < -0.3 is 14.7 Å². The maximum absolute atomic E-state index is 12.7. The zero-order valence-electron chi connectivity index (χ0n) is 12.3. The van der Waals surface area contributed by atoms with E-state index >= 15 is 0 Å². The van der Waals surface area contributed by atoms with Crippen molar-refractivity contribution in [1.82, 2.24) is 9.21 Å². The van der Waals surface area contributed by atoms with Crippen molar-refractivity contribution >= 4 is 21.9 Å². The highest BCUT2D eigenvalue weighted by Gasteiger charge is 2.56. The van der Waals surface area contributed by atoms with E-state index in [2.05, 4.69) is 0 Å². The maximum atomic E-state index is 12.7. The number of carbonyl (C=O) groups is 2. The topological polar surface area (TPSA) is 104 Å². The first-order valence-electron chi connectivity index (χ1n) is 7.41. The Morgan fingerprint density at radius 3 is 2.09 bits per heavy atom. The second kappa shape index (κ2) is 5.47. The molecule has 124 valence electrons. The highest BCUT2D eigenvalue weighted by molar-refractivity contribution is 7.88. The van der Waals surface area contributed by atoms with Crippen molar-refractivity contribution in [2.24, 2.45) is 11.8 Å². The van der Waals surface area contributed by atoms with E-state index in [-0.39, 0.29) is 31.2 Å². The third-order valence-corrected chi connectivity index (χ3v) is 6.17. The third-order valence-electron chi connectivity index (χ3n) is 4.86. The summed E-state index contributed by atoms with van der Waals surface area (Å²) in [5.74, 6) is -2.62. The Balaban J connectivity index is 1.69. The predicted octanol–water partition coefficient (Wildman–Crippen LogP) is -1.03. The Kier molecular flexibility index (Phi) is 3.90. The first-order valence-corrected chi connectivity index (χ1v) is 9.26. The predicted molar refractivity (Wildman–Crippen MR) is 75.5 cm³/mol. The van der Waals surface area contributed by atoms with Crippen LogP contribution in [0.3, 0.4) is 0 Å². The smallest absolute Gasteiger partial charge is 0.310 e. The summed E-state index contributed by atoms with van der Waals surface area (Å²) in [6, 6.07) is 0. The minimum absolute atomic E-state index is 0.215. The number of carboxylic acid groups (broad SMARTS) is 1. The van der Waals surface area contributed by atoms with Crippen LogP contribution in [0.2, 0.25) is 0 Å². The molecule has 1 amide bonds. The van der Waals surface area contributed by atoms with Crippen LogP contribution in [0, 0.1) is 11.8 Å². The highest BCUT2D eigenvalue weighted by Crippen LogP contribution is 2.44. The average molecular weight is 332 g/mol. The molecule has 3 fully saturated rings. The Morgan fingerprint density at radius 1 is 1.05 bits per heavy atom. The molecule has 0 radical (unpaired) electrons. The summed E-state index contributed by atoms with van der Waals surface area (Å²) >= 11 is 0. The molecule has 0 aromatic rings. The molecular formula is C13H20N2O6S. The first-order chi connectivity index (χ1) is 10.3. The number of sulfonamides is 1. The summed E-state index contributed by atoms with van der Waals surface area (Å²) < 4.78 is 29.9. The van der Waals surface area contributed by atoms with E-state index < -0.39 is 27.8 Å². The van der Waals surface area contributed by atoms with Gasteiger partial charge in [0, 0.05) is 26.2 Å². The summed E-state index contributed by atoms with van der Waals surface area (Å²) in [6.07, 6.45) is 1.87. The van der Waals surface area contributed by atoms with Crippen molar-refractivity contribution in [3.8, 4) is 0 Å². The van der Waals surface area contributed by atoms with E-state index in [1.54, 1.807) is 4.90 Å². The minimum atomic E-state index is -3.25. The number of carboxylic acids is 1. The number of amides is 1. The molecule has 3 heterocycles. The molecule has 3 rings (SSSR count). The SMILES string of the molecule is CS(=O)(=O)N1CCN(C(=O)C2C3CCC(O3)C2C(=O)O)CC1. The number of rotatable bonds is 3. The Bertz CT molecular complexity index is 583. The summed E-state index contributed by atoms with van der Waals surface area (Å²) in [6.45, 7) is 1.10. The van der Waals surface area contributed by atoms with Crippen molar-refractivity contribution in [3.63, 3.8) is 0 Å². The maximum Gasteiger partial charge on any atom is 0.310 e. The first kappa shape index (κ1) is 15.7. The Morgan fingerprint density at radius 2 is 1.59 bits per heavy atom. The molecule has 0 aromatic carbocycles. The fourth-order valence-electron chi connectivity index (χ4n) is 3.76. The van der Waals surface area contributed by atoms with Gasteiger partial charge in [-0.05, 0) is 12.8 Å². The molecule has 3 aliphatic heterocycles. The van der Waals surface area contributed by atoms with Crippen LogP contribution in [-0.2, 0) is 24.3 Å². The van der Waals surface area contributed by atoms with Gasteiger partial charge in [0.25, 0.3) is 0 Å². The van der Waals surface area contributed by atoms with Gasteiger partial charge in [-0.25, -0.2) is 8.42 Å². The standard InChI is InChI=1S/C13H20N2O6S/c1-22(19,20)15-6-4-14(5-7-15)12(16)10-8-2-3-9(21-8)11(10)13(17)18/h8-11H,2-7H2,1H3,(H,17,18). The van der Waals surface area contributed by atoms with E-state index in [1.807, 2.05) is 0 Å². The number of ether oxygens (including phenoxy) is 1. The fraction of sp³-hybridized carbons (Fsp3) is 0.846. The molecule has 4 unspecified atom stereocenters. The van der Waals surface area contributed by atoms with Gasteiger partial charge in [0.1, 0.15) is 0 Å². The Hall–Kier alpha value is -1.19. The zero-order valence-corrected chi connectivity index (χ0v) is 13.2. The lowest BCUT2D eigenvalue weighted by atomic mass is 9.78. The van der Waals surface area contributed by atoms with Gasteiger partial charge >= 0.3 is 5.97 Å². The van der Waals surface area contributed by atoms with Crippen LogP contribution in [-0.4, -0.2) is 79.2 Å². The molecule has 9 heteroatoms. The Labute approximate surface area is 129 Å². The van der Waals surface area contributed by atoms with Crippen LogP contribution in [0.5, 0.6) is 0 Å². The molecule has 3 saturated heterocycles. The summed E-state index contributed by atoms with van der Waals surface area (Å²) in [4.78, 5) is 25.7. The molecular weight excluding hydrogens is 312 g/mol. The van der Waals surface area contributed by atoms with E-state index in [4.69, 9.17) is 4.74 Å². The van der Waals surface area contributed by atoms with E-state index in [0.29, 0.717) is 25.9 Å². The van der Waals surface area contributed by atoms with Crippen LogP contribution in [0.25, 0.3) is 0 Å². The van der Waals surface area contributed by atoms with E-state index in [0.717, 1.165) is 6.26 Å². The summed E-state index contributed by atoms with van der Waals surface area (Å²) in [5.41, 5.74) is 0. The van der Waals surface area contributed by atoms with Gasteiger partial charge in [-0.2, -0.15) is 4.31 Å². The van der Waals surface area contributed by atoms with E-state index in [9.17, 15) is 23.1 Å². The molecule has 0 spiro atoms. The normalized spacial score (nSPS) is 35.8. The average Bonchev–Trinajstić information content (AvgIpc) is 3.06. The molecule has 4 atom stereocenters. The molecule has 2 bridgehead atoms. The fourth-order valence-corrected chi connectivity index (χ4v) is 4.58. The second-order valence-corrected chi connectivity index (χ2v) is 8.15. The monoisotopic (exact) mass is 332 g/mol. The van der Waals surface area contributed by atoms with Crippen LogP contribution in [0.1, 0.15) is 12.8 Å². The number of piperazine rings is 1. The third kappa shape index (κ3) is 2.61. The quantitative estimate of drug-likeness (QED) is 0.708. The number of aliphatic carboxylic acids is 1. The second-order valence-electron chi connectivity index (χ2n) is 6.17. The van der Waals surface area contributed by atoms with Crippen LogP contribution in [0.15, 0.2) is 0 Å². The van der Waals surface area contributed by atoms with Crippen LogP contribution in [0.4, 0.5) is 0 Å². The molecule has 0 aromatic heterocycles. The van der Waals surface area contributed by atoms with Crippen molar-refractivity contribution < 1.29 is 27.9 Å². The van der Waals surface area contributed by atoms with E-state index in [1.165, 1.54) is 4.31 Å². The van der Waals surface area contributed by atoms with Crippen LogP contribution < -0.4 is 0 Å². The van der Waals surface area contributed by atoms with Gasteiger partial charge in [-0.1, -0.05) is 0 Å². The lowest BCUT2D eigenvalue weighted by molar-refractivity contribution is -0.151. The number of hydrogen-bond acceptors (Lipinski definition) is 5. The molecule has 0 saturated carbocycles. The molecule has 1 N–H and O–H groups in total. The number of carbonyl (C=O) groups excluding carboxylic acids is 1. The number of nitrogens with zero attached hydrogens (tertiary/aromatic N) is 2. The van der Waals surface area contributed by atoms with Crippen molar-refractivity contribution in [2.45, 2.75) is 25.0 Å². The van der Waals surface area contributed by atoms with Crippen molar-refractivity contribution in [1.29, 1.82) is 0 Å². The van der Waals surface area contributed by atoms with Crippen molar-refractivity contribution in [3.05, 3.63) is 0 Å². The van der Waals surface area contributed by atoms with Crippen molar-refractivity contribution in [2.75, 3.05) is 32.4 Å². The number of fused-ring (bicyclic) bond motifs is 2. The van der Waals surface area contributed by atoms with Crippen LogP contribution >= 0.6 is 0 Å². The van der Waals surface area contributed by atoms with Gasteiger partial charge in [0.15, 0.2) is 0 Å². The minimum Gasteiger partial charge on any atom is -0.481 e. The molecule has 3 aliphatic rings. The summed E-state index contributed by atoms with van der Waals surface area (Å²) in [5, 5.41) is 9.36. The largest absolute Gasteiger partial charge is 0.481 e. The molecule has 0 aliphatic carbocycles. The lowest BCUT2D eigenvalue weighted by Gasteiger charge is -2.36. The molecule has 22 heavy (non-hydrogen) atoms. The molecule has 8 nitrogen and oxygen atoms in total. The highest BCUT2D eigenvalue weighted by atomic mass is 32.2. The summed E-state index contributed by atoms with van der Waals surface area (Å²) in [7, 11) is -3.25. The van der Waals surface area contributed by atoms with Gasteiger partial charge in [-0.15, -0.1) is 0 Å². The zero-order chi connectivity index (χ0) is 16.1. The van der Waals surface area contributed by atoms with Gasteiger partial charge in [0.2, 0.25) is 15.9 Å². The van der Waals surface area contributed by atoms with Gasteiger partial charge in [-0.3, -0.25) is 9.59 Å². The number of hydrogen-bond donors (Lipinski definition) is 1.